The molecule has 0 aromatic carbocycles. The summed E-state index contributed by atoms with van der Waals surface area (Å²) in [6, 6.07) is 5.53. The average molecular weight is 237 g/mol. The summed E-state index contributed by atoms with van der Waals surface area (Å²) >= 11 is 0. The van der Waals surface area contributed by atoms with Gasteiger partial charge in [0.1, 0.15) is 0 Å². The molecule has 1 aromatic heterocycles. The molecule has 5 nitrogen and oxygen atoms in total. The molecule has 0 saturated carbocycles. The van der Waals surface area contributed by atoms with Gasteiger partial charge in [0.15, 0.2) is 0 Å². The van der Waals surface area contributed by atoms with Crippen molar-refractivity contribution in [3.63, 3.8) is 0 Å². The molecular weight excluding hydrogens is 222 g/mol. The number of hydrogen-bond donors (Lipinski definition) is 0. The summed E-state index contributed by atoms with van der Waals surface area (Å²) < 4.78 is 15.9. The first kappa shape index (κ1) is 12.0. The Bertz CT molecular complexity index is 395. The van der Waals surface area contributed by atoms with Crippen LogP contribution in [-0.4, -0.2) is 30.8 Å². The van der Waals surface area contributed by atoms with E-state index in [4.69, 9.17) is 9.47 Å². The fraction of sp³-hybridized carbons (Fsp3) is 0.500. The Morgan fingerprint density at radius 1 is 1.65 bits per heavy atom. The van der Waals surface area contributed by atoms with Crippen LogP contribution < -0.4 is 0 Å². The number of nitrogens with zero attached hydrogens (tertiary/aromatic N) is 1. The van der Waals surface area contributed by atoms with Gasteiger partial charge in [0.05, 0.1) is 31.9 Å². The first-order chi connectivity index (χ1) is 8.14. The minimum absolute atomic E-state index is 0.193. The molecule has 1 saturated heterocycles. The highest BCUT2D eigenvalue weighted by Gasteiger charge is 2.40. The topological polar surface area (TPSA) is 57.7 Å². The molecule has 92 valence electrons. The Balaban J connectivity index is 2.03. The third-order valence-corrected chi connectivity index (χ3v) is 2.69. The van der Waals surface area contributed by atoms with Gasteiger partial charge in [-0.1, -0.05) is 6.07 Å². The molecule has 0 bridgehead atoms. The maximum atomic E-state index is 11.1. The zero-order valence-corrected chi connectivity index (χ0v) is 9.88. The van der Waals surface area contributed by atoms with Crippen LogP contribution in [0.4, 0.5) is 0 Å². The maximum absolute atomic E-state index is 11.1. The fourth-order valence-corrected chi connectivity index (χ4v) is 1.77. The number of hydrogen-bond acceptors (Lipinski definition) is 5. The molecule has 2 heterocycles. The molecule has 5 heteroatoms. The van der Waals surface area contributed by atoms with Crippen LogP contribution in [0.5, 0.6) is 0 Å². The summed E-state index contributed by atoms with van der Waals surface area (Å²) in [5, 5.41) is 0. The zero-order chi connectivity index (χ0) is 12.3. The van der Waals surface area contributed by atoms with Crippen molar-refractivity contribution < 1.29 is 19.0 Å². The summed E-state index contributed by atoms with van der Waals surface area (Å²) in [5.41, 5.74) is 0.701. The molecule has 1 aromatic rings. The Hall–Kier alpha value is -1.46. The number of pyridine rings is 1. The van der Waals surface area contributed by atoms with E-state index in [1.165, 1.54) is 7.11 Å². The monoisotopic (exact) mass is 237 g/mol. The van der Waals surface area contributed by atoms with Crippen LogP contribution in [0.3, 0.4) is 0 Å². The first-order valence-electron chi connectivity index (χ1n) is 5.44. The van der Waals surface area contributed by atoms with Crippen LogP contribution >= 0.6 is 0 Å². The van der Waals surface area contributed by atoms with Gasteiger partial charge in [0.2, 0.25) is 5.79 Å². The average Bonchev–Trinajstić information content (AvgIpc) is 2.73. The molecule has 1 fully saturated rings. The van der Waals surface area contributed by atoms with Gasteiger partial charge in [-0.3, -0.25) is 9.78 Å². The molecule has 1 aliphatic rings. The van der Waals surface area contributed by atoms with Crippen LogP contribution in [0.2, 0.25) is 0 Å². The molecule has 0 N–H and O–H groups in total. The Labute approximate surface area is 99.7 Å². The van der Waals surface area contributed by atoms with Gasteiger partial charge in [-0.05, 0) is 19.1 Å². The van der Waals surface area contributed by atoms with E-state index in [0.717, 1.165) is 0 Å². The van der Waals surface area contributed by atoms with E-state index in [0.29, 0.717) is 12.3 Å². The minimum atomic E-state index is -0.875. The number of rotatable bonds is 3. The lowest BCUT2D eigenvalue weighted by molar-refractivity contribution is -0.169. The van der Waals surface area contributed by atoms with Gasteiger partial charge in [0.25, 0.3) is 0 Å². The second kappa shape index (κ2) is 4.81. The number of methoxy groups -OCH3 is 1. The normalized spacial score (nSPS) is 28.0. The Kier molecular flexibility index (Phi) is 3.40. The molecule has 2 atom stereocenters. The van der Waals surface area contributed by atoms with Crippen molar-refractivity contribution >= 4 is 5.97 Å². The molecule has 0 spiro atoms. The highest BCUT2D eigenvalue weighted by Crippen LogP contribution is 2.33. The van der Waals surface area contributed by atoms with E-state index in [1.807, 2.05) is 18.2 Å². The van der Waals surface area contributed by atoms with Gasteiger partial charge in [-0.25, -0.2) is 0 Å². The third kappa shape index (κ3) is 2.62. The Morgan fingerprint density at radius 2 is 2.47 bits per heavy atom. The number of esters is 1. The summed E-state index contributed by atoms with van der Waals surface area (Å²) in [6.07, 6.45) is 1.59. The van der Waals surface area contributed by atoms with Crippen molar-refractivity contribution in [2.24, 2.45) is 0 Å². The first-order valence-corrected chi connectivity index (χ1v) is 5.44. The Morgan fingerprint density at radius 3 is 3.12 bits per heavy atom. The van der Waals surface area contributed by atoms with Crippen molar-refractivity contribution in [1.82, 2.24) is 4.98 Å². The van der Waals surface area contributed by atoms with Crippen LogP contribution in [0, 0.1) is 0 Å². The summed E-state index contributed by atoms with van der Waals surface area (Å²) in [7, 11) is 1.36. The van der Waals surface area contributed by atoms with Gasteiger partial charge >= 0.3 is 5.97 Å². The fourth-order valence-electron chi connectivity index (χ4n) is 1.77. The molecular formula is C12H15NO4. The van der Waals surface area contributed by atoms with Crippen LogP contribution in [0.1, 0.15) is 19.0 Å². The molecule has 0 amide bonds. The number of carbonyl (C=O) groups is 1. The van der Waals surface area contributed by atoms with Crippen molar-refractivity contribution in [2.45, 2.75) is 25.2 Å². The molecule has 0 aliphatic carbocycles. The van der Waals surface area contributed by atoms with Gasteiger partial charge in [-0.15, -0.1) is 0 Å². The predicted octanol–water partition coefficient (Wildman–Crippen LogP) is 1.23. The van der Waals surface area contributed by atoms with E-state index in [9.17, 15) is 4.79 Å². The second-order valence-electron chi connectivity index (χ2n) is 3.99. The maximum Gasteiger partial charge on any atom is 0.308 e. The van der Waals surface area contributed by atoms with Gasteiger partial charge < -0.3 is 14.2 Å². The summed E-state index contributed by atoms with van der Waals surface area (Å²) in [4.78, 5) is 15.3. The van der Waals surface area contributed by atoms with E-state index >= 15 is 0 Å². The lowest BCUT2D eigenvalue weighted by Crippen LogP contribution is -2.26. The summed E-state index contributed by atoms with van der Waals surface area (Å²) in [5.74, 6) is -1.18. The SMILES string of the molecule is COC(=O)CC1COC(C)(c2ccccn2)O1. The van der Waals surface area contributed by atoms with E-state index < -0.39 is 5.79 Å². The minimum Gasteiger partial charge on any atom is -0.469 e. The predicted molar refractivity (Wildman–Crippen MR) is 59.0 cm³/mol. The molecule has 17 heavy (non-hydrogen) atoms. The quantitative estimate of drug-likeness (QED) is 0.740. The molecule has 1 aliphatic heterocycles. The van der Waals surface area contributed by atoms with Crippen molar-refractivity contribution in [1.29, 1.82) is 0 Å². The second-order valence-corrected chi connectivity index (χ2v) is 3.99. The van der Waals surface area contributed by atoms with Crippen molar-refractivity contribution in [3.8, 4) is 0 Å². The molecule has 2 rings (SSSR count). The molecule has 2 unspecified atom stereocenters. The van der Waals surface area contributed by atoms with E-state index in [2.05, 4.69) is 9.72 Å². The summed E-state index contributed by atoms with van der Waals surface area (Å²) in [6.45, 7) is 2.16. The third-order valence-electron chi connectivity index (χ3n) is 2.69. The standard InChI is InChI=1S/C12H15NO4/c1-12(10-5-3-4-6-13-10)16-8-9(17-12)7-11(14)15-2/h3-6,9H,7-8H2,1-2H3. The van der Waals surface area contributed by atoms with Gasteiger partial charge in [-0.2, -0.15) is 0 Å². The van der Waals surface area contributed by atoms with Crippen molar-refractivity contribution in [3.05, 3.63) is 30.1 Å². The number of ether oxygens (including phenoxy) is 3. The lowest BCUT2D eigenvalue weighted by atomic mass is 10.2. The van der Waals surface area contributed by atoms with E-state index in [1.54, 1.807) is 13.1 Å². The lowest BCUT2D eigenvalue weighted by Gasteiger charge is -2.22. The van der Waals surface area contributed by atoms with E-state index in [-0.39, 0.29) is 18.5 Å². The van der Waals surface area contributed by atoms with Gasteiger partial charge in [0, 0.05) is 6.20 Å². The zero-order valence-electron chi connectivity index (χ0n) is 9.88. The number of aromatic nitrogens is 1. The smallest absolute Gasteiger partial charge is 0.308 e. The largest absolute Gasteiger partial charge is 0.469 e. The molecule has 0 radical (unpaired) electrons. The van der Waals surface area contributed by atoms with Crippen LogP contribution in [0.15, 0.2) is 24.4 Å². The highest BCUT2D eigenvalue weighted by atomic mass is 16.7. The van der Waals surface area contributed by atoms with Crippen molar-refractivity contribution in [2.75, 3.05) is 13.7 Å². The van der Waals surface area contributed by atoms with Crippen LogP contribution in [-0.2, 0) is 24.8 Å². The van der Waals surface area contributed by atoms with Crippen LogP contribution in [0.25, 0.3) is 0 Å². The number of carbonyl (C=O) groups excluding carboxylic acids is 1. The highest BCUT2D eigenvalue weighted by molar-refractivity contribution is 5.69.